The van der Waals surface area contributed by atoms with Crippen LogP contribution in [0.15, 0.2) is 0 Å². The maximum absolute atomic E-state index is 11.3. The van der Waals surface area contributed by atoms with Gasteiger partial charge in [0.2, 0.25) is 0 Å². The Morgan fingerprint density at radius 2 is 1.80 bits per heavy atom. The van der Waals surface area contributed by atoms with Gasteiger partial charge in [-0.25, -0.2) is 4.79 Å². The summed E-state index contributed by atoms with van der Waals surface area (Å²) in [5, 5.41) is 2.69. The Morgan fingerprint density at radius 3 is 2.45 bits per heavy atom. The smallest absolute Gasteiger partial charge is 0.407 e. The SMILES string of the molecule is CCCCOC(=O)CCCCCNC(=O)OCC(C)C. The minimum atomic E-state index is -0.363. The van der Waals surface area contributed by atoms with Gasteiger partial charge in [0.15, 0.2) is 0 Å². The highest BCUT2D eigenvalue weighted by atomic mass is 16.5. The van der Waals surface area contributed by atoms with Crippen molar-refractivity contribution >= 4 is 12.1 Å². The van der Waals surface area contributed by atoms with Crippen molar-refractivity contribution in [3.05, 3.63) is 0 Å². The number of unbranched alkanes of at least 4 members (excludes halogenated alkanes) is 3. The minimum Gasteiger partial charge on any atom is -0.466 e. The van der Waals surface area contributed by atoms with Gasteiger partial charge in [0, 0.05) is 13.0 Å². The van der Waals surface area contributed by atoms with Crippen molar-refractivity contribution in [2.45, 2.75) is 59.3 Å². The quantitative estimate of drug-likeness (QED) is 0.468. The number of esters is 1. The molecule has 0 fully saturated rings. The van der Waals surface area contributed by atoms with Gasteiger partial charge in [0.1, 0.15) is 0 Å². The molecular weight excluding hydrogens is 258 g/mol. The molecule has 1 amide bonds. The first-order valence-corrected chi connectivity index (χ1v) is 7.62. The van der Waals surface area contributed by atoms with Crippen LogP contribution in [0.4, 0.5) is 4.79 Å². The van der Waals surface area contributed by atoms with E-state index in [9.17, 15) is 9.59 Å². The van der Waals surface area contributed by atoms with Crippen LogP contribution in [0.25, 0.3) is 0 Å². The summed E-state index contributed by atoms with van der Waals surface area (Å²) in [6.07, 6.45) is 4.60. The number of amides is 1. The molecule has 5 nitrogen and oxygen atoms in total. The van der Waals surface area contributed by atoms with E-state index in [4.69, 9.17) is 9.47 Å². The Labute approximate surface area is 122 Å². The van der Waals surface area contributed by atoms with Gasteiger partial charge in [-0.2, -0.15) is 0 Å². The van der Waals surface area contributed by atoms with Gasteiger partial charge in [-0.1, -0.05) is 33.6 Å². The average Bonchev–Trinajstić information content (AvgIpc) is 2.40. The van der Waals surface area contributed by atoms with E-state index in [1.807, 2.05) is 13.8 Å². The predicted molar refractivity (Wildman–Crippen MR) is 78.5 cm³/mol. The van der Waals surface area contributed by atoms with E-state index < -0.39 is 0 Å². The maximum Gasteiger partial charge on any atom is 0.407 e. The van der Waals surface area contributed by atoms with Crippen molar-refractivity contribution in [1.29, 1.82) is 0 Å². The highest BCUT2D eigenvalue weighted by Crippen LogP contribution is 2.02. The molecule has 0 aromatic heterocycles. The third-order valence-corrected chi connectivity index (χ3v) is 2.64. The molecule has 0 aliphatic heterocycles. The number of nitrogens with one attached hydrogen (secondary N) is 1. The molecule has 0 bridgehead atoms. The van der Waals surface area contributed by atoms with Crippen LogP contribution in [0.3, 0.4) is 0 Å². The summed E-state index contributed by atoms with van der Waals surface area (Å²) in [5.41, 5.74) is 0. The molecule has 0 aliphatic rings. The van der Waals surface area contributed by atoms with E-state index in [0.717, 1.165) is 32.1 Å². The standard InChI is InChI=1S/C15H29NO4/c1-4-5-11-19-14(17)9-7-6-8-10-16-15(18)20-12-13(2)3/h13H,4-12H2,1-3H3,(H,16,18). The van der Waals surface area contributed by atoms with Crippen molar-refractivity contribution in [2.75, 3.05) is 19.8 Å². The van der Waals surface area contributed by atoms with Crippen LogP contribution in [-0.4, -0.2) is 31.8 Å². The highest BCUT2D eigenvalue weighted by Gasteiger charge is 2.04. The average molecular weight is 287 g/mol. The molecule has 118 valence electrons. The highest BCUT2D eigenvalue weighted by molar-refractivity contribution is 5.69. The van der Waals surface area contributed by atoms with Crippen molar-refractivity contribution in [2.24, 2.45) is 5.92 Å². The molecule has 0 atom stereocenters. The number of rotatable bonds is 11. The molecule has 0 aromatic carbocycles. The molecule has 0 aromatic rings. The Kier molecular flexibility index (Phi) is 12.0. The lowest BCUT2D eigenvalue weighted by atomic mass is 10.2. The van der Waals surface area contributed by atoms with Crippen LogP contribution in [0.1, 0.15) is 59.3 Å². The topological polar surface area (TPSA) is 64.6 Å². The zero-order chi connectivity index (χ0) is 15.2. The molecule has 5 heteroatoms. The zero-order valence-electron chi connectivity index (χ0n) is 13.1. The Morgan fingerprint density at radius 1 is 1.05 bits per heavy atom. The summed E-state index contributed by atoms with van der Waals surface area (Å²) in [6.45, 7) is 7.60. The third-order valence-electron chi connectivity index (χ3n) is 2.64. The van der Waals surface area contributed by atoms with E-state index in [1.54, 1.807) is 0 Å². The minimum absolute atomic E-state index is 0.122. The van der Waals surface area contributed by atoms with Gasteiger partial charge in [0.25, 0.3) is 0 Å². The normalized spacial score (nSPS) is 10.4. The van der Waals surface area contributed by atoms with E-state index >= 15 is 0 Å². The summed E-state index contributed by atoms with van der Waals surface area (Å²) in [5.74, 6) is 0.224. The molecule has 0 saturated carbocycles. The Hall–Kier alpha value is -1.26. The fourth-order valence-corrected chi connectivity index (χ4v) is 1.46. The van der Waals surface area contributed by atoms with Gasteiger partial charge in [-0.05, 0) is 25.2 Å². The molecular formula is C15H29NO4. The van der Waals surface area contributed by atoms with E-state index in [1.165, 1.54) is 0 Å². The Balaban J connectivity index is 3.31. The van der Waals surface area contributed by atoms with Crippen molar-refractivity contribution in [3.63, 3.8) is 0 Å². The van der Waals surface area contributed by atoms with Crippen LogP contribution in [0, 0.1) is 5.92 Å². The molecule has 0 saturated heterocycles. The number of hydrogen-bond donors (Lipinski definition) is 1. The van der Waals surface area contributed by atoms with Crippen molar-refractivity contribution in [1.82, 2.24) is 5.32 Å². The van der Waals surface area contributed by atoms with Crippen molar-refractivity contribution < 1.29 is 19.1 Å². The van der Waals surface area contributed by atoms with Gasteiger partial charge >= 0.3 is 12.1 Å². The molecule has 0 aliphatic carbocycles. The van der Waals surface area contributed by atoms with Crippen LogP contribution in [-0.2, 0) is 14.3 Å². The predicted octanol–water partition coefficient (Wildman–Crippen LogP) is 3.27. The molecule has 0 spiro atoms. The first kappa shape index (κ1) is 18.7. The lowest BCUT2D eigenvalue weighted by molar-refractivity contribution is -0.143. The zero-order valence-corrected chi connectivity index (χ0v) is 13.1. The molecule has 0 radical (unpaired) electrons. The Bertz CT molecular complexity index is 267. The van der Waals surface area contributed by atoms with Crippen LogP contribution in [0.5, 0.6) is 0 Å². The lowest BCUT2D eigenvalue weighted by Crippen LogP contribution is -2.26. The summed E-state index contributed by atoms with van der Waals surface area (Å²) < 4.78 is 10.0. The molecule has 0 unspecified atom stereocenters. The van der Waals surface area contributed by atoms with E-state index in [0.29, 0.717) is 32.1 Å². The largest absolute Gasteiger partial charge is 0.466 e. The second-order valence-corrected chi connectivity index (χ2v) is 5.30. The fraction of sp³-hybridized carbons (Fsp3) is 0.867. The number of carbonyl (C=O) groups excluding carboxylic acids is 2. The van der Waals surface area contributed by atoms with E-state index in [-0.39, 0.29) is 12.1 Å². The molecule has 0 rings (SSSR count). The van der Waals surface area contributed by atoms with Gasteiger partial charge in [0.05, 0.1) is 13.2 Å². The van der Waals surface area contributed by atoms with Crippen LogP contribution in [0.2, 0.25) is 0 Å². The molecule has 0 heterocycles. The summed E-state index contributed by atoms with van der Waals surface area (Å²) in [7, 11) is 0. The number of alkyl carbamates (subject to hydrolysis) is 1. The van der Waals surface area contributed by atoms with Gasteiger partial charge in [-0.3, -0.25) is 4.79 Å². The number of ether oxygens (including phenoxy) is 2. The van der Waals surface area contributed by atoms with Gasteiger partial charge < -0.3 is 14.8 Å². The lowest BCUT2D eigenvalue weighted by Gasteiger charge is -2.08. The first-order valence-electron chi connectivity index (χ1n) is 7.62. The third kappa shape index (κ3) is 13.2. The maximum atomic E-state index is 11.3. The summed E-state index contributed by atoms with van der Waals surface area (Å²) in [6, 6.07) is 0. The summed E-state index contributed by atoms with van der Waals surface area (Å²) in [4.78, 5) is 22.5. The molecule has 20 heavy (non-hydrogen) atoms. The van der Waals surface area contributed by atoms with Crippen LogP contribution >= 0.6 is 0 Å². The summed E-state index contributed by atoms with van der Waals surface area (Å²) >= 11 is 0. The molecule has 1 N–H and O–H groups in total. The number of hydrogen-bond acceptors (Lipinski definition) is 4. The first-order chi connectivity index (χ1) is 9.56. The second kappa shape index (κ2) is 12.8. The number of carbonyl (C=O) groups is 2. The van der Waals surface area contributed by atoms with Crippen LogP contribution < -0.4 is 5.32 Å². The van der Waals surface area contributed by atoms with Gasteiger partial charge in [-0.15, -0.1) is 0 Å². The fourth-order valence-electron chi connectivity index (χ4n) is 1.46. The van der Waals surface area contributed by atoms with Crippen molar-refractivity contribution in [3.8, 4) is 0 Å². The monoisotopic (exact) mass is 287 g/mol. The second-order valence-electron chi connectivity index (χ2n) is 5.30. The van der Waals surface area contributed by atoms with E-state index in [2.05, 4.69) is 12.2 Å².